The number of rotatable bonds is 5. The number of hydrogen-bond acceptors (Lipinski definition) is 5. The van der Waals surface area contributed by atoms with Crippen LogP contribution >= 0.6 is 11.8 Å². The molecule has 0 aromatic rings. The lowest BCUT2D eigenvalue weighted by Crippen LogP contribution is -2.53. The Morgan fingerprint density at radius 2 is 2.11 bits per heavy atom. The molecule has 0 spiro atoms. The highest BCUT2D eigenvalue weighted by molar-refractivity contribution is 8.01. The molecule has 1 fully saturated rings. The molecule has 1 saturated heterocycles. The van der Waals surface area contributed by atoms with Gasteiger partial charge in [0.1, 0.15) is 5.37 Å². The second-order valence-corrected chi connectivity index (χ2v) is 9.33. The quantitative estimate of drug-likeness (QED) is 0.824. The van der Waals surface area contributed by atoms with E-state index in [2.05, 4.69) is 18.7 Å². The molecule has 18 heavy (non-hydrogen) atoms. The average molecular weight is 294 g/mol. The van der Waals surface area contributed by atoms with E-state index >= 15 is 0 Å². The molecule has 2 N–H and O–H groups in total. The van der Waals surface area contributed by atoms with Crippen LogP contribution in [0.2, 0.25) is 0 Å². The molecule has 1 heterocycles. The molecule has 0 radical (unpaired) electrons. The third-order valence-corrected chi connectivity index (χ3v) is 7.18. The normalized spacial score (nSPS) is 25.1. The van der Waals surface area contributed by atoms with Gasteiger partial charge < -0.3 is 5.73 Å². The molecule has 1 rings (SSSR count). The van der Waals surface area contributed by atoms with Crippen molar-refractivity contribution in [3.05, 3.63) is 0 Å². The van der Waals surface area contributed by atoms with Crippen molar-refractivity contribution in [2.45, 2.75) is 39.1 Å². The Labute approximate surface area is 116 Å². The van der Waals surface area contributed by atoms with Gasteiger partial charge in [0.05, 0.1) is 0 Å². The largest absolute Gasteiger partial charge is 0.327 e. The highest BCUT2D eigenvalue weighted by Gasteiger charge is 2.36. The highest BCUT2D eigenvalue weighted by atomic mass is 32.2. The molecule has 0 bridgehead atoms. The molecule has 4 nitrogen and oxygen atoms in total. The van der Waals surface area contributed by atoms with E-state index in [0.717, 1.165) is 18.8 Å². The number of hydrogen-bond donors (Lipinski definition) is 1. The maximum absolute atomic E-state index is 12.1. The van der Waals surface area contributed by atoms with Crippen LogP contribution < -0.4 is 5.73 Å². The Bertz CT molecular complexity index is 366. The van der Waals surface area contributed by atoms with Crippen LogP contribution in [0.4, 0.5) is 0 Å². The first-order valence-electron chi connectivity index (χ1n) is 6.49. The summed E-state index contributed by atoms with van der Waals surface area (Å²) in [6.07, 6.45) is 0. The van der Waals surface area contributed by atoms with Crippen LogP contribution in [0, 0.1) is 5.41 Å². The van der Waals surface area contributed by atoms with E-state index in [1.165, 1.54) is 0 Å². The number of nitrogens with two attached hydrogens (primary N) is 1. The first-order valence-corrected chi connectivity index (χ1v) is 9.36. The van der Waals surface area contributed by atoms with Gasteiger partial charge in [-0.25, -0.2) is 8.42 Å². The zero-order valence-electron chi connectivity index (χ0n) is 11.8. The van der Waals surface area contributed by atoms with Crippen molar-refractivity contribution in [1.82, 2.24) is 4.90 Å². The fourth-order valence-electron chi connectivity index (χ4n) is 1.99. The van der Waals surface area contributed by atoms with E-state index in [0.29, 0.717) is 5.75 Å². The van der Waals surface area contributed by atoms with E-state index in [9.17, 15) is 8.42 Å². The predicted octanol–water partition coefficient (Wildman–Crippen LogP) is 1.17. The van der Waals surface area contributed by atoms with Gasteiger partial charge in [0.2, 0.25) is 0 Å². The van der Waals surface area contributed by atoms with Crippen molar-refractivity contribution in [2.75, 3.05) is 30.3 Å². The van der Waals surface area contributed by atoms with Gasteiger partial charge in [0.15, 0.2) is 9.84 Å². The molecule has 1 aliphatic rings. The lowest BCUT2D eigenvalue weighted by molar-refractivity contribution is 0.154. The van der Waals surface area contributed by atoms with Gasteiger partial charge in [0.25, 0.3) is 0 Å². The van der Waals surface area contributed by atoms with Crippen LogP contribution in [0.5, 0.6) is 0 Å². The Morgan fingerprint density at radius 3 is 2.61 bits per heavy atom. The van der Waals surface area contributed by atoms with E-state index in [1.807, 2.05) is 6.92 Å². The van der Waals surface area contributed by atoms with E-state index in [-0.39, 0.29) is 22.6 Å². The van der Waals surface area contributed by atoms with Crippen LogP contribution in [-0.4, -0.2) is 55.1 Å². The second kappa shape index (κ2) is 6.11. The summed E-state index contributed by atoms with van der Waals surface area (Å²) in [5, 5.41) is -0.334. The molecule has 6 heteroatoms. The maximum atomic E-state index is 12.1. The summed E-state index contributed by atoms with van der Waals surface area (Å²) in [5.41, 5.74) is 5.93. The monoisotopic (exact) mass is 294 g/mol. The van der Waals surface area contributed by atoms with Crippen LogP contribution in [0.15, 0.2) is 0 Å². The third-order valence-electron chi connectivity index (χ3n) is 3.85. The fraction of sp³-hybridized carbons (Fsp3) is 1.00. The summed E-state index contributed by atoms with van der Waals surface area (Å²) >= 11 is 1.73. The molecule has 0 amide bonds. The number of nitrogens with zero attached hydrogens (tertiary/aromatic N) is 1. The highest BCUT2D eigenvalue weighted by Crippen LogP contribution is 2.27. The second-order valence-electron chi connectivity index (χ2n) is 5.73. The minimum atomic E-state index is -3.00. The van der Waals surface area contributed by atoms with Crippen LogP contribution in [-0.2, 0) is 9.84 Å². The Hall–Kier alpha value is 0.220. The van der Waals surface area contributed by atoms with Crippen LogP contribution in [0.3, 0.4) is 0 Å². The zero-order valence-corrected chi connectivity index (χ0v) is 13.5. The fourth-order valence-corrected chi connectivity index (χ4v) is 5.07. The van der Waals surface area contributed by atoms with E-state index in [1.54, 1.807) is 18.7 Å². The summed E-state index contributed by atoms with van der Waals surface area (Å²) in [6.45, 7) is 9.51. The summed E-state index contributed by atoms with van der Waals surface area (Å²) in [6, 6.07) is 0.0528. The maximum Gasteiger partial charge on any atom is 0.166 e. The van der Waals surface area contributed by atoms with Crippen molar-refractivity contribution in [3.8, 4) is 0 Å². The van der Waals surface area contributed by atoms with Gasteiger partial charge in [-0.1, -0.05) is 20.8 Å². The smallest absolute Gasteiger partial charge is 0.166 e. The van der Waals surface area contributed by atoms with E-state index in [4.69, 9.17) is 5.73 Å². The molecule has 0 saturated carbocycles. The molecule has 0 aromatic heterocycles. The summed E-state index contributed by atoms with van der Waals surface area (Å²) in [5.74, 6) is 1.91. The summed E-state index contributed by atoms with van der Waals surface area (Å²) < 4.78 is 24.3. The minimum absolute atomic E-state index is 0.0528. The standard InChI is InChI=1S/C12H26N2O2S2/c1-5-18(15,16)11-8-17-7-6-14(11)9-12(3,4)10(2)13/h10-11H,5-9,13H2,1-4H3. The number of thioether (sulfide) groups is 1. The molecule has 1 aliphatic heterocycles. The number of sulfone groups is 1. The Morgan fingerprint density at radius 1 is 1.50 bits per heavy atom. The van der Waals surface area contributed by atoms with Crippen LogP contribution in [0.25, 0.3) is 0 Å². The van der Waals surface area contributed by atoms with Crippen molar-refractivity contribution in [3.63, 3.8) is 0 Å². The lowest BCUT2D eigenvalue weighted by Gasteiger charge is -2.41. The van der Waals surface area contributed by atoms with Gasteiger partial charge in [-0.2, -0.15) is 11.8 Å². The summed E-state index contributed by atoms with van der Waals surface area (Å²) in [4.78, 5) is 2.11. The SMILES string of the molecule is CCS(=O)(=O)C1CSCCN1CC(C)(C)C(C)N. The van der Waals surface area contributed by atoms with E-state index < -0.39 is 9.84 Å². The molecule has 108 valence electrons. The Balaban J connectivity index is 2.84. The lowest BCUT2D eigenvalue weighted by atomic mass is 9.85. The minimum Gasteiger partial charge on any atom is -0.327 e. The molecule has 2 atom stereocenters. The molecule has 0 aliphatic carbocycles. The van der Waals surface area contributed by atoms with Crippen molar-refractivity contribution >= 4 is 21.6 Å². The zero-order chi connectivity index (χ0) is 14.0. The van der Waals surface area contributed by atoms with Crippen LogP contribution in [0.1, 0.15) is 27.7 Å². The molecule has 0 aromatic carbocycles. The molecular formula is C12H26N2O2S2. The molecule has 2 unspecified atom stereocenters. The van der Waals surface area contributed by atoms with Gasteiger partial charge in [-0.3, -0.25) is 4.90 Å². The molecular weight excluding hydrogens is 268 g/mol. The first kappa shape index (κ1) is 16.3. The Kier molecular flexibility index (Phi) is 5.53. The van der Waals surface area contributed by atoms with Crippen molar-refractivity contribution in [1.29, 1.82) is 0 Å². The topological polar surface area (TPSA) is 63.4 Å². The predicted molar refractivity (Wildman–Crippen MR) is 79.6 cm³/mol. The van der Waals surface area contributed by atoms with Gasteiger partial charge in [-0.05, 0) is 12.3 Å². The van der Waals surface area contributed by atoms with Gasteiger partial charge in [-0.15, -0.1) is 0 Å². The van der Waals surface area contributed by atoms with Crippen molar-refractivity contribution in [2.24, 2.45) is 11.1 Å². The summed E-state index contributed by atoms with van der Waals surface area (Å²) in [7, 11) is -3.00. The van der Waals surface area contributed by atoms with Gasteiger partial charge in [0, 0.05) is 36.4 Å². The van der Waals surface area contributed by atoms with Crippen molar-refractivity contribution < 1.29 is 8.42 Å². The average Bonchev–Trinajstić information content (AvgIpc) is 2.29. The van der Waals surface area contributed by atoms with Gasteiger partial charge >= 0.3 is 0 Å². The third kappa shape index (κ3) is 3.85. The first-order chi connectivity index (χ1) is 8.20.